The van der Waals surface area contributed by atoms with Crippen LogP contribution in [0.25, 0.3) is 10.9 Å². The maximum Gasteiger partial charge on any atom is 0.253 e. The number of nitrogens with one attached hydrogen (secondary N) is 2. The molecule has 0 spiro atoms. The van der Waals surface area contributed by atoms with Crippen molar-refractivity contribution < 1.29 is 18.9 Å². The zero-order valence-corrected chi connectivity index (χ0v) is 17.9. The highest BCUT2D eigenvalue weighted by Crippen LogP contribution is 2.35. The number of aromatic amines is 1. The summed E-state index contributed by atoms with van der Waals surface area (Å²) in [7, 11) is 1.68. The molecule has 9 heteroatoms. The van der Waals surface area contributed by atoms with E-state index in [1.165, 1.54) is 0 Å². The van der Waals surface area contributed by atoms with Gasteiger partial charge in [-0.3, -0.25) is 4.79 Å². The highest BCUT2D eigenvalue weighted by atomic mass is 32.1. The molecule has 2 aliphatic rings. The number of pyridine rings is 1. The third kappa shape index (κ3) is 4.85. The van der Waals surface area contributed by atoms with Crippen LogP contribution in [0.2, 0.25) is 0 Å². The number of hydrogen-bond acceptors (Lipinski definition) is 6. The Morgan fingerprint density at radius 3 is 2.93 bits per heavy atom. The van der Waals surface area contributed by atoms with Gasteiger partial charge in [-0.05, 0) is 43.6 Å². The van der Waals surface area contributed by atoms with Crippen molar-refractivity contribution >= 4 is 28.2 Å². The number of thiocarbonyl (C=S) groups is 1. The van der Waals surface area contributed by atoms with Crippen LogP contribution in [0.4, 0.5) is 0 Å². The number of H-pyrrole nitrogens is 1. The van der Waals surface area contributed by atoms with Crippen molar-refractivity contribution in [1.29, 1.82) is 0 Å². The first-order valence-electron chi connectivity index (χ1n) is 10.2. The van der Waals surface area contributed by atoms with E-state index in [9.17, 15) is 4.79 Å². The molecule has 2 N–H and O–H groups in total. The average molecular weight is 434 g/mol. The van der Waals surface area contributed by atoms with Crippen molar-refractivity contribution in [2.75, 3.05) is 40.2 Å². The summed E-state index contributed by atoms with van der Waals surface area (Å²) in [4.78, 5) is 17.7. The molecule has 0 bridgehead atoms. The monoisotopic (exact) mass is 433 g/mol. The standard InChI is InChI=1S/C21H27N3O5S/c1-26-6-3-5-22-21(30)24(12-16-4-2-7-27-16)11-15-8-14-9-18-19(29-13-28-18)10-17(14)23-20(15)25/h8-10,16H,2-7,11-13H2,1H3,(H,22,30)(H,23,25)/t16-/m0/s1. The van der Waals surface area contributed by atoms with Gasteiger partial charge < -0.3 is 34.1 Å². The van der Waals surface area contributed by atoms with Gasteiger partial charge in [-0.15, -0.1) is 0 Å². The maximum atomic E-state index is 12.8. The first-order valence-corrected chi connectivity index (χ1v) is 10.6. The lowest BCUT2D eigenvalue weighted by Gasteiger charge is -2.28. The number of hydrogen-bond donors (Lipinski definition) is 2. The molecular formula is C21H27N3O5S. The number of methoxy groups -OCH3 is 1. The van der Waals surface area contributed by atoms with Crippen LogP contribution in [0, 0.1) is 0 Å². The fourth-order valence-corrected chi connectivity index (χ4v) is 3.98. The maximum absolute atomic E-state index is 12.8. The summed E-state index contributed by atoms with van der Waals surface area (Å²) in [6.07, 6.45) is 3.03. The summed E-state index contributed by atoms with van der Waals surface area (Å²) in [6.45, 7) is 3.40. The summed E-state index contributed by atoms with van der Waals surface area (Å²) in [5.41, 5.74) is 1.22. The van der Waals surface area contributed by atoms with Gasteiger partial charge in [-0.1, -0.05) is 0 Å². The van der Waals surface area contributed by atoms with Crippen molar-refractivity contribution in [1.82, 2.24) is 15.2 Å². The summed E-state index contributed by atoms with van der Waals surface area (Å²) >= 11 is 5.63. The molecule has 0 saturated carbocycles. The summed E-state index contributed by atoms with van der Waals surface area (Å²) in [6, 6.07) is 5.59. The van der Waals surface area contributed by atoms with E-state index < -0.39 is 0 Å². The molecule has 2 aliphatic heterocycles. The molecule has 0 amide bonds. The number of rotatable bonds is 8. The zero-order chi connectivity index (χ0) is 20.9. The third-order valence-corrected chi connectivity index (χ3v) is 5.71. The Labute approximate surface area is 180 Å². The Hall–Kier alpha value is -2.36. The fraction of sp³-hybridized carbons (Fsp3) is 0.524. The molecule has 8 nitrogen and oxygen atoms in total. The van der Waals surface area contributed by atoms with Crippen molar-refractivity contribution in [3.05, 3.63) is 34.1 Å². The Bertz CT molecular complexity index is 958. The number of aromatic nitrogens is 1. The first kappa shape index (κ1) is 20.9. The predicted octanol–water partition coefficient (Wildman–Crippen LogP) is 2.15. The summed E-state index contributed by atoms with van der Waals surface area (Å²) < 4.78 is 21.8. The molecule has 1 aromatic carbocycles. The lowest BCUT2D eigenvalue weighted by atomic mass is 10.1. The predicted molar refractivity (Wildman–Crippen MR) is 117 cm³/mol. The lowest BCUT2D eigenvalue weighted by Crippen LogP contribution is -2.44. The Kier molecular flexibility index (Phi) is 6.71. The second-order valence-corrected chi connectivity index (χ2v) is 7.90. The Morgan fingerprint density at radius 2 is 2.17 bits per heavy atom. The van der Waals surface area contributed by atoms with Crippen LogP contribution in [0.3, 0.4) is 0 Å². The molecule has 30 heavy (non-hydrogen) atoms. The van der Waals surface area contributed by atoms with E-state index in [2.05, 4.69) is 10.3 Å². The van der Waals surface area contributed by atoms with Gasteiger partial charge in [0.05, 0.1) is 18.2 Å². The second kappa shape index (κ2) is 9.63. The molecule has 162 valence electrons. The average Bonchev–Trinajstić information content (AvgIpc) is 3.41. The lowest BCUT2D eigenvalue weighted by molar-refractivity contribution is 0.0896. The first-order chi connectivity index (χ1) is 14.6. The molecule has 1 saturated heterocycles. The smallest absolute Gasteiger partial charge is 0.253 e. The molecule has 0 unspecified atom stereocenters. The number of fused-ring (bicyclic) bond motifs is 2. The van der Waals surface area contributed by atoms with E-state index in [1.807, 2.05) is 17.0 Å². The molecule has 0 aliphatic carbocycles. The largest absolute Gasteiger partial charge is 0.454 e. The molecule has 4 rings (SSSR count). The SMILES string of the molecule is COCCCNC(=S)N(Cc1cc2cc3c(cc2[nH]c1=O)OCO3)C[C@@H]1CCCO1. The van der Waals surface area contributed by atoms with Crippen molar-refractivity contribution in [3.8, 4) is 11.5 Å². The minimum absolute atomic E-state index is 0.122. The van der Waals surface area contributed by atoms with Gasteiger partial charge in [0.2, 0.25) is 6.79 Å². The summed E-state index contributed by atoms with van der Waals surface area (Å²) in [5.74, 6) is 1.33. The van der Waals surface area contributed by atoms with Crippen molar-refractivity contribution in [3.63, 3.8) is 0 Å². The van der Waals surface area contributed by atoms with Gasteiger partial charge in [-0.2, -0.15) is 0 Å². The number of benzene rings is 1. The van der Waals surface area contributed by atoms with E-state index >= 15 is 0 Å². The molecule has 1 atom stereocenters. The van der Waals surface area contributed by atoms with Crippen molar-refractivity contribution in [2.45, 2.75) is 31.9 Å². The zero-order valence-electron chi connectivity index (χ0n) is 17.1. The molecule has 1 aromatic heterocycles. The van der Waals surface area contributed by atoms with Crippen LogP contribution in [-0.4, -0.2) is 61.3 Å². The Morgan fingerprint density at radius 1 is 1.33 bits per heavy atom. The molecule has 0 radical (unpaired) electrons. The van der Waals surface area contributed by atoms with Crippen LogP contribution >= 0.6 is 12.2 Å². The summed E-state index contributed by atoms with van der Waals surface area (Å²) in [5, 5.41) is 4.79. The highest BCUT2D eigenvalue weighted by Gasteiger charge is 2.22. The third-order valence-electron chi connectivity index (χ3n) is 5.31. The highest BCUT2D eigenvalue weighted by molar-refractivity contribution is 7.80. The quantitative estimate of drug-likeness (QED) is 0.484. The van der Waals surface area contributed by atoms with Crippen LogP contribution < -0.4 is 20.3 Å². The van der Waals surface area contributed by atoms with Gasteiger partial charge in [0.15, 0.2) is 16.6 Å². The topological polar surface area (TPSA) is 85.1 Å². The minimum Gasteiger partial charge on any atom is -0.454 e. The van der Waals surface area contributed by atoms with Gasteiger partial charge in [-0.25, -0.2) is 0 Å². The van der Waals surface area contributed by atoms with Crippen LogP contribution in [0.5, 0.6) is 11.5 Å². The van der Waals surface area contributed by atoms with E-state index in [4.69, 9.17) is 31.2 Å². The number of nitrogens with zero attached hydrogens (tertiary/aromatic N) is 1. The van der Waals surface area contributed by atoms with Gasteiger partial charge in [0, 0.05) is 50.4 Å². The van der Waals surface area contributed by atoms with Crippen LogP contribution in [-0.2, 0) is 16.0 Å². The van der Waals surface area contributed by atoms with Crippen LogP contribution in [0.15, 0.2) is 23.0 Å². The minimum atomic E-state index is -0.138. The van der Waals surface area contributed by atoms with Gasteiger partial charge in [0.25, 0.3) is 5.56 Å². The Balaban J connectivity index is 1.53. The molecule has 1 fully saturated rings. The van der Waals surface area contributed by atoms with E-state index in [-0.39, 0.29) is 18.5 Å². The normalized spacial score (nSPS) is 17.4. The second-order valence-electron chi connectivity index (χ2n) is 7.51. The molecule has 2 aromatic rings. The van der Waals surface area contributed by atoms with Gasteiger partial charge in [0.1, 0.15) is 0 Å². The van der Waals surface area contributed by atoms with Gasteiger partial charge >= 0.3 is 0 Å². The number of ether oxygens (including phenoxy) is 4. The molecule has 3 heterocycles. The van der Waals surface area contributed by atoms with E-state index in [0.29, 0.717) is 48.4 Å². The van der Waals surface area contributed by atoms with E-state index in [1.54, 1.807) is 13.2 Å². The van der Waals surface area contributed by atoms with Crippen molar-refractivity contribution in [2.24, 2.45) is 0 Å². The molecular weight excluding hydrogens is 406 g/mol. The fourth-order valence-electron chi connectivity index (χ4n) is 3.74. The van der Waals surface area contributed by atoms with E-state index in [0.717, 1.165) is 36.8 Å². The van der Waals surface area contributed by atoms with Crippen LogP contribution in [0.1, 0.15) is 24.8 Å².